The van der Waals surface area contributed by atoms with E-state index in [0.29, 0.717) is 41.1 Å². The molecule has 0 aliphatic heterocycles. The largest absolute Gasteiger partial charge is 0.466 e. The monoisotopic (exact) mass is 1540 g/mol. The Labute approximate surface area is 657 Å². The van der Waals surface area contributed by atoms with Gasteiger partial charge < -0.3 is 24.1 Å². The molecule has 14 heteroatoms. The summed E-state index contributed by atoms with van der Waals surface area (Å²) in [5.41, 5.74) is 6.93. The number of esters is 4. The maximum Gasteiger partial charge on any atom is 0.308 e. The van der Waals surface area contributed by atoms with Crippen molar-refractivity contribution in [2.45, 2.75) is 326 Å². The molecule has 0 aliphatic carbocycles. The third kappa shape index (κ3) is 72.8. The van der Waals surface area contributed by atoms with Crippen LogP contribution in [0.5, 0.6) is 0 Å². The Balaban J connectivity index is -0.000000206. The van der Waals surface area contributed by atoms with Crippen LogP contribution in [0.25, 0.3) is 0 Å². The van der Waals surface area contributed by atoms with E-state index in [9.17, 15) is 27.6 Å². The maximum atomic E-state index is 11.6. The minimum Gasteiger partial charge on any atom is -0.466 e. The van der Waals surface area contributed by atoms with Gasteiger partial charge in [-0.15, -0.1) is 6.58 Å². The van der Waals surface area contributed by atoms with Crippen molar-refractivity contribution >= 4 is 49.9 Å². The molecule has 0 bridgehead atoms. The van der Waals surface area contributed by atoms with Crippen LogP contribution >= 0.6 is 0 Å². The van der Waals surface area contributed by atoms with Crippen molar-refractivity contribution in [1.82, 2.24) is 0 Å². The number of allylic oxidation sites excluding steroid dienone is 1. The number of carbonyl (C=O) groups excluding carboxylic acids is 4. The average molecular weight is 1540 g/mol. The summed E-state index contributed by atoms with van der Waals surface area (Å²) in [4.78, 5) is 44.1. The van der Waals surface area contributed by atoms with E-state index in [1.165, 1.54) is 17.5 Å². The fourth-order valence-corrected chi connectivity index (χ4v) is 10.3. The van der Waals surface area contributed by atoms with Crippen molar-refractivity contribution in [1.29, 1.82) is 0 Å². The first-order valence-electron chi connectivity index (χ1n) is 39.1. The summed E-state index contributed by atoms with van der Waals surface area (Å²) in [6.45, 7) is 88.7. The topological polar surface area (TPSA) is 160 Å². The standard InChI is InChI=1S/C11H14O2.C11H16O.C10H14O2S.C10H14.C9H20O2Si.C9H22Si.C8H16O2.C7H12O2.C7H16.C6H12.C4H10/c1-9(2)11(12)13-8-10-6-4-3-5-7-10;1-9(2)7-10-3-5-11(8-12)6-4-10;1-8(2)13(11,12)10-6-4-9(3)5-7-10;1-9(2)8-10-6-4-3-5-7-10;1-8(2)9(10)11-6-7-12(3,4)5;1-8(2)10(6,7)9(3,4)5;1-6(2)7(9)10-8(3,4)5;1-4-5-9-7(8)6(2)3;1-6(2)7(3,4)5;1-4-5-6(2)3;1-4(2)3/h3-7,9H,8H2,1-2H3;3-6,9,12H,7-8H2,1-2H3;4-8H,1-3H3;3-7,9H,8H2,1-2H3;8H,6-7H2,1-5H3;8H,1-7H3;6H,1-5H3;4,6H,1,5H2,2-3H3;6H,1-5H3;4,6H,1,5H2,2-3H3;4H,1-3H3. The second-order valence-corrected chi connectivity index (χ2v) is 50.2. The lowest BCUT2D eigenvalue weighted by molar-refractivity contribution is -0.158. The summed E-state index contributed by atoms with van der Waals surface area (Å²) in [7, 11) is -5.11. The summed E-state index contributed by atoms with van der Waals surface area (Å²) < 4.78 is 43.2. The van der Waals surface area contributed by atoms with Crippen molar-refractivity contribution in [3.8, 4) is 0 Å². The number of hydrogen-bond acceptors (Lipinski definition) is 11. The number of aryl methyl sites for hydroxylation is 1. The highest BCUT2D eigenvalue weighted by Gasteiger charge is 2.37. The first-order chi connectivity index (χ1) is 48.1. The summed E-state index contributed by atoms with van der Waals surface area (Å²) in [6.07, 6.45) is 6.96. The second-order valence-electron chi connectivity index (χ2n) is 36.0. The van der Waals surface area contributed by atoms with E-state index in [4.69, 9.17) is 24.1 Å². The van der Waals surface area contributed by atoms with Crippen LogP contribution in [0.4, 0.5) is 0 Å². The van der Waals surface area contributed by atoms with Crippen LogP contribution < -0.4 is 0 Å². The fourth-order valence-electron chi connectivity index (χ4n) is 6.78. The highest BCUT2D eigenvalue weighted by atomic mass is 32.2. The zero-order valence-electron chi connectivity index (χ0n) is 75.4. The molecule has 0 radical (unpaired) electrons. The van der Waals surface area contributed by atoms with Gasteiger partial charge >= 0.3 is 23.9 Å². The van der Waals surface area contributed by atoms with Gasteiger partial charge in [0.1, 0.15) is 18.8 Å². The first kappa shape index (κ1) is 114. The lowest BCUT2D eigenvalue weighted by Crippen LogP contribution is -2.39. The smallest absolute Gasteiger partial charge is 0.308 e. The normalized spacial score (nSPS) is 11.2. The van der Waals surface area contributed by atoms with E-state index < -0.39 is 26.0 Å². The number of carbonyl (C=O) groups is 4. The molecule has 0 saturated carbocycles. The van der Waals surface area contributed by atoms with Gasteiger partial charge in [-0.3, -0.25) is 19.2 Å². The molecule has 4 aromatic rings. The van der Waals surface area contributed by atoms with Crippen LogP contribution in [0.15, 0.2) is 139 Å². The maximum absolute atomic E-state index is 11.6. The Bertz CT molecular complexity index is 2910. The van der Waals surface area contributed by atoms with Crippen molar-refractivity contribution < 1.29 is 51.6 Å². The molecule has 11 nitrogen and oxygen atoms in total. The number of ether oxygens (including phenoxy) is 4. The number of rotatable bonds is 21. The molecule has 4 rings (SSSR count). The summed E-state index contributed by atoms with van der Waals surface area (Å²) >= 11 is 0. The van der Waals surface area contributed by atoms with Crippen LogP contribution in [0.3, 0.4) is 0 Å². The summed E-state index contributed by atoms with van der Waals surface area (Å²) in [5.74, 6) is 3.24. The van der Waals surface area contributed by atoms with Crippen molar-refractivity contribution in [2.24, 2.45) is 58.7 Å². The highest BCUT2D eigenvalue weighted by Crippen LogP contribution is 2.42. The minimum atomic E-state index is -3.09. The zero-order valence-corrected chi connectivity index (χ0v) is 78.2. The molecular formula is C92H166O11SSi2. The van der Waals surface area contributed by atoms with Gasteiger partial charge in [-0.1, -0.05) is 347 Å². The first-order valence-corrected chi connectivity index (χ1v) is 47.5. The molecule has 0 heterocycles. The molecule has 0 saturated heterocycles. The molecule has 0 amide bonds. The number of sulfone groups is 1. The molecule has 0 unspecified atom stereocenters. The van der Waals surface area contributed by atoms with Gasteiger partial charge in [0.05, 0.1) is 55.1 Å². The van der Waals surface area contributed by atoms with E-state index in [1.807, 2.05) is 130 Å². The van der Waals surface area contributed by atoms with Crippen LogP contribution in [0.1, 0.15) is 256 Å². The van der Waals surface area contributed by atoms with Crippen LogP contribution in [0, 0.1) is 65.6 Å². The Morgan fingerprint density at radius 2 is 0.821 bits per heavy atom. The van der Waals surface area contributed by atoms with Crippen LogP contribution in [-0.4, -0.2) is 77.6 Å². The fraction of sp³-hybridized carbons (Fsp3) is 0.652. The van der Waals surface area contributed by atoms with Crippen molar-refractivity contribution in [3.63, 3.8) is 0 Å². The molecule has 614 valence electrons. The van der Waals surface area contributed by atoms with Crippen LogP contribution in [-0.2, 0) is 74.0 Å². The van der Waals surface area contributed by atoms with Gasteiger partial charge in [0.15, 0.2) is 9.84 Å². The van der Waals surface area contributed by atoms with Crippen molar-refractivity contribution in [3.05, 3.63) is 162 Å². The van der Waals surface area contributed by atoms with E-state index in [2.05, 4.69) is 220 Å². The predicted molar refractivity (Wildman–Crippen MR) is 468 cm³/mol. The van der Waals surface area contributed by atoms with Gasteiger partial charge in [-0.05, 0) is 141 Å². The lowest BCUT2D eigenvalue weighted by atomic mass is 9.84. The predicted octanol–water partition coefficient (Wildman–Crippen LogP) is 26.2. The Morgan fingerprint density at radius 1 is 0.472 bits per heavy atom. The highest BCUT2D eigenvalue weighted by molar-refractivity contribution is 7.92. The molecule has 106 heavy (non-hydrogen) atoms. The van der Waals surface area contributed by atoms with Gasteiger partial charge in [-0.25, -0.2) is 8.42 Å². The number of benzene rings is 4. The molecule has 0 aromatic heterocycles. The molecule has 0 spiro atoms. The Kier molecular flexibility index (Phi) is 65.9. The SMILES string of the molecule is C=CCC(C)C.C=CCOC(=O)C(C)C.CC(C)C.CC(C)C(=O)OC(C)(C)C.CC(C)C(=O)OCC[Si](C)(C)C.CC(C)C(=O)OCc1ccccc1.CC(C)C(C)(C)C.CC(C)Cc1ccc(CO)cc1.CC(C)Cc1ccccc1.CC(C)[Si](C)(C)C(C)(C)C.Cc1ccc(S(=O)(=O)C(C)C)cc1. The van der Waals surface area contributed by atoms with Gasteiger partial charge in [0.2, 0.25) is 0 Å². The third-order valence-corrected chi connectivity index (χ3v) is 26.6. The Hall–Kier alpha value is -5.42. The summed E-state index contributed by atoms with van der Waals surface area (Å²) in [6, 6.07) is 36.4. The molecule has 1 N–H and O–H groups in total. The average Bonchev–Trinajstić information content (AvgIpc) is 0.847. The zero-order chi connectivity index (χ0) is 84.8. The molecular weight excluding hydrogens is 1370 g/mol. The summed E-state index contributed by atoms with van der Waals surface area (Å²) in [5, 5.41) is 9.02. The van der Waals surface area contributed by atoms with E-state index in [0.717, 1.165) is 64.8 Å². The lowest BCUT2D eigenvalue weighted by Gasteiger charge is -2.40. The molecule has 4 aromatic carbocycles. The van der Waals surface area contributed by atoms with E-state index in [-0.39, 0.29) is 65.0 Å². The second kappa shape index (κ2) is 61.4. The van der Waals surface area contributed by atoms with E-state index >= 15 is 0 Å². The minimum absolute atomic E-state index is 0.00614. The number of hydrogen-bond donors (Lipinski definition) is 1. The quantitative estimate of drug-likeness (QED) is 0.0366. The number of aliphatic hydroxyl groups excluding tert-OH is 1. The third-order valence-electron chi connectivity index (χ3n) is 16.0. The molecule has 0 aliphatic rings. The van der Waals surface area contributed by atoms with Gasteiger partial charge in [0.25, 0.3) is 0 Å². The van der Waals surface area contributed by atoms with Crippen LogP contribution in [0.2, 0.25) is 49.4 Å². The Morgan fingerprint density at radius 3 is 1.08 bits per heavy atom. The molecule has 0 atom stereocenters. The van der Waals surface area contributed by atoms with Crippen molar-refractivity contribution in [2.75, 3.05) is 13.2 Å². The number of aliphatic hydroxyl groups is 1. The van der Waals surface area contributed by atoms with Gasteiger partial charge in [0, 0.05) is 8.07 Å². The molecule has 0 fully saturated rings. The van der Waals surface area contributed by atoms with E-state index in [1.54, 1.807) is 45.9 Å². The van der Waals surface area contributed by atoms with Gasteiger partial charge in [-0.2, -0.15) is 0 Å².